The zero-order valence-corrected chi connectivity index (χ0v) is 13.5. The highest BCUT2D eigenvalue weighted by Crippen LogP contribution is 2.17. The summed E-state index contributed by atoms with van der Waals surface area (Å²) in [6.45, 7) is 0. The molecule has 124 valence electrons. The molecule has 0 fully saturated rings. The van der Waals surface area contributed by atoms with Crippen LogP contribution in [-0.4, -0.2) is 31.3 Å². The molecule has 0 saturated carbocycles. The molecule has 0 aliphatic heterocycles. The number of carbonyl (C=O) groups excluding carboxylic acids is 1. The Morgan fingerprint density at radius 2 is 1.79 bits per heavy atom. The molecule has 0 spiro atoms. The number of aromatic nitrogens is 2. The number of aromatic amines is 1. The summed E-state index contributed by atoms with van der Waals surface area (Å²) >= 11 is 0. The summed E-state index contributed by atoms with van der Waals surface area (Å²) in [6, 6.07) is 11.5. The number of fused-ring (bicyclic) bond motifs is 1. The van der Waals surface area contributed by atoms with Gasteiger partial charge in [-0.05, 0) is 42.5 Å². The van der Waals surface area contributed by atoms with Crippen molar-refractivity contribution in [3.8, 4) is 0 Å². The van der Waals surface area contributed by atoms with Crippen molar-refractivity contribution in [3.63, 3.8) is 0 Å². The maximum atomic E-state index is 12.3. The summed E-state index contributed by atoms with van der Waals surface area (Å²) in [5.41, 5.74) is 3.04. The molecular weight excluding hydrogens is 330 g/mol. The van der Waals surface area contributed by atoms with Crippen LogP contribution in [-0.2, 0) is 10.2 Å². The molecule has 0 aliphatic carbocycles. The van der Waals surface area contributed by atoms with E-state index in [0.29, 0.717) is 16.9 Å². The first-order valence-electron chi connectivity index (χ1n) is 7.03. The van der Waals surface area contributed by atoms with Crippen LogP contribution in [0.15, 0.2) is 48.8 Å². The third-order valence-electron chi connectivity index (χ3n) is 3.35. The van der Waals surface area contributed by atoms with E-state index >= 15 is 0 Å². The summed E-state index contributed by atoms with van der Waals surface area (Å²) in [6.07, 6.45) is 1.58. The number of rotatable bonds is 5. The molecule has 1 amide bonds. The molecule has 0 bridgehead atoms. The molecule has 1 heterocycles. The van der Waals surface area contributed by atoms with Crippen LogP contribution in [0.3, 0.4) is 0 Å². The lowest BCUT2D eigenvalue weighted by Crippen LogP contribution is -2.26. The van der Waals surface area contributed by atoms with Gasteiger partial charge in [0.15, 0.2) is 0 Å². The summed E-state index contributed by atoms with van der Waals surface area (Å²) in [5.74, 6) is -0.295. The number of amides is 1. The Morgan fingerprint density at radius 3 is 2.50 bits per heavy atom. The molecule has 9 heteroatoms. The minimum absolute atomic E-state index is 0.295. The van der Waals surface area contributed by atoms with Gasteiger partial charge >= 0.3 is 0 Å². The van der Waals surface area contributed by atoms with Crippen LogP contribution >= 0.6 is 0 Å². The van der Waals surface area contributed by atoms with Gasteiger partial charge in [-0.15, -0.1) is 0 Å². The molecule has 0 atom stereocenters. The summed E-state index contributed by atoms with van der Waals surface area (Å²) in [4.78, 5) is 19.3. The summed E-state index contributed by atoms with van der Waals surface area (Å²) in [7, 11) is -2.27. The van der Waals surface area contributed by atoms with Crippen LogP contribution in [0, 0.1) is 0 Å². The quantitative estimate of drug-likeness (QED) is 0.563. The van der Waals surface area contributed by atoms with Crippen LogP contribution in [0.4, 0.5) is 11.4 Å². The smallest absolute Gasteiger partial charge is 0.298 e. The lowest BCUT2D eigenvalue weighted by molar-refractivity contribution is 0.102. The normalized spacial score (nSPS) is 11.4. The van der Waals surface area contributed by atoms with Crippen molar-refractivity contribution in [1.29, 1.82) is 0 Å². The van der Waals surface area contributed by atoms with Crippen LogP contribution in [0.5, 0.6) is 0 Å². The van der Waals surface area contributed by atoms with Crippen molar-refractivity contribution in [2.45, 2.75) is 0 Å². The highest BCUT2D eigenvalue weighted by Gasteiger charge is 2.09. The van der Waals surface area contributed by atoms with Gasteiger partial charge in [-0.25, -0.2) is 9.71 Å². The number of H-pyrrole nitrogens is 1. The maximum Gasteiger partial charge on any atom is 0.298 e. The Labute approximate surface area is 138 Å². The monoisotopic (exact) mass is 345 g/mol. The first-order valence-corrected chi connectivity index (χ1v) is 8.51. The molecule has 3 rings (SSSR count). The number of nitrogens with zero attached hydrogens (tertiary/aromatic N) is 1. The van der Waals surface area contributed by atoms with Crippen LogP contribution < -0.4 is 14.8 Å². The number of anilines is 2. The standard InChI is InChI=1S/C15H15N5O3S/c1-16-24(22,23)20-11-4-2-10(3-5-11)15(21)19-12-6-7-13-14(8-12)18-9-17-13/h2-9,16,20H,1H3,(H,17,18)(H,19,21). The van der Waals surface area contributed by atoms with Gasteiger partial charge in [-0.1, -0.05) is 0 Å². The Bertz CT molecular complexity index is 980. The zero-order valence-electron chi connectivity index (χ0n) is 12.7. The highest BCUT2D eigenvalue weighted by molar-refractivity contribution is 7.90. The van der Waals surface area contributed by atoms with E-state index in [4.69, 9.17) is 0 Å². The van der Waals surface area contributed by atoms with Gasteiger partial charge in [0.05, 0.1) is 17.4 Å². The predicted octanol–water partition coefficient (Wildman–Crippen LogP) is 1.69. The number of hydrogen-bond acceptors (Lipinski definition) is 4. The lowest BCUT2D eigenvalue weighted by Gasteiger charge is -2.08. The van der Waals surface area contributed by atoms with E-state index in [1.165, 1.54) is 31.3 Å². The van der Waals surface area contributed by atoms with Crippen molar-refractivity contribution in [2.24, 2.45) is 0 Å². The van der Waals surface area contributed by atoms with E-state index < -0.39 is 10.2 Å². The maximum absolute atomic E-state index is 12.3. The lowest BCUT2D eigenvalue weighted by atomic mass is 10.2. The number of nitrogens with one attached hydrogen (secondary N) is 4. The largest absolute Gasteiger partial charge is 0.345 e. The second-order valence-corrected chi connectivity index (χ2v) is 6.59. The Balaban J connectivity index is 1.72. The predicted molar refractivity (Wildman–Crippen MR) is 92.1 cm³/mol. The van der Waals surface area contributed by atoms with Gasteiger partial charge in [0, 0.05) is 24.0 Å². The fraction of sp³-hybridized carbons (Fsp3) is 0.0667. The third kappa shape index (κ3) is 3.53. The Hall–Kier alpha value is -2.91. The minimum Gasteiger partial charge on any atom is -0.345 e. The second kappa shape index (κ2) is 6.30. The van der Waals surface area contributed by atoms with Gasteiger partial charge < -0.3 is 10.3 Å². The first-order chi connectivity index (χ1) is 11.5. The summed E-state index contributed by atoms with van der Waals surface area (Å²) < 4.78 is 27.3. The van der Waals surface area contributed by atoms with Crippen molar-refractivity contribution >= 4 is 38.5 Å². The SMILES string of the molecule is CNS(=O)(=O)Nc1ccc(C(=O)Nc2ccc3nc[nH]c3c2)cc1. The average molecular weight is 345 g/mol. The van der Waals surface area contributed by atoms with Crippen molar-refractivity contribution < 1.29 is 13.2 Å². The van der Waals surface area contributed by atoms with Gasteiger partial charge in [-0.2, -0.15) is 8.42 Å². The van der Waals surface area contributed by atoms with Crippen molar-refractivity contribution in [3.05, 3.63) is 54.4 Å². The average Bonchev–Trinajstić information content (AvgIpc) is 3.03. The summed E-state index contributed by atoms with van der Waals surface area (Å²) in [5, 5.41) is 2.78. The van der Waals surface area contributed by atoms with E-state index in [9.17, 15) is 13.2 Å². The van der Waals surface area contributed by atoms with Crippen LogP contribution in [0.1, 0.15) is 10.4 Å². The van der Waals surface area contributed by atoms with Gasteiger partial charge in [0.2, 0.25) is 0 Å². The minimum atomic E-state index is -3.58. The second-order valence-electron chi connectivity index (χ2n) is 4.98. The van der Waals surface area contributed by atoms with Gasteiger partial charge in [0.25, 0.3) is 16.1 Å². The number of hydrogen-bond donors (Lipinski definition) is 4. The molecule has 8 nitrogen and oxygen atoms in total. The molecule has 3 aromatic rings. The van der Waals surface area contributed by atoms with Crippen molar-refractivity contribution in [2.75, 3.05) is 17.1 Å². The number of carbonyl (C=O) groups is 1. The van der Waals surface area contributed by atoms with E-state index in [1.54, 1.807) is 24.5 Å². The van der Waals surface area contributed by atoms with Gasteiger partial charge in [-0.3, -0.25) is 9.52 Å². The molecule has 0 saturated heterocycles. The molecule has 0 unspecified atom stereocenters. The van der Waals surface area contributed by atoms with Crippen molar-refractivity contribution in [1.82, 2.24) is 14.7 Å². The molecule has 4 N–H and O–H groups in total. The first kappa shape index (κ1) is 16.0. The van der Waals surface area contributed by atoms with E-state index in [2.05, 4.69) is 24.7 Å². The number of benzene rings is 2. The molecule has 0 aliphatic rings. The zero-order chi connectivity index (χ0) is 17.2. The molecule has 0 radical (unpaired) electrons. The molecular formula is C15H15N5O3S. The van der Waals surface area contributed by atoms with Crippen LogP contribution in [0.2, 0.25) is 0 Å². The Kier molecular flexibility index (Phi) is 4.19. The Morgan fingerprint density at radius 1 is 1.08 bits per heavy atom. The van der Waals surface area contributed by atoms with E-state index in [1.807, 2.05) is 0 Å². The van der Waals surface area contributed by atoms with Gasteiger partial charge in [0.1, 0.15) is 0 Å². The fourth-order valence-corrected chi connectivity index (χ4v) is 2.66. The molecule has 24 heavy (non-hydrogen) atoms. The van der Waals surface area contributed by atoms with Crippen LogP contribution in [0.25, 0.3) is 11.0 Å². The number of imidazole rings is 1. The topological polar surface area (TPSA) is 116 Å². The highest BCUT2D eigenvalue weighted by atomic mass is 32.2. The molecule has 2 aromatic carbocycles. The third-order valence-corrected chi connectivity index (χ3v) is 4.39. The fourth-order valence-electron chi connectivity index (χ4n) is 2.11. The van der Waals surface area contributed by atoms with E-state index in [-0.39, 0.29) is 5.91 Å². The molecule has 1 aromatic heterocycles. The van der Waals surface area contributed by atoms with E-state index in [0.717, 1.165) is 11.0 Å².